The third kappa shape index (κ3) is 2.82. The first-order valence-electron chi connectivity index (χ1n) is 8.76. The second kappa shape index (κ2) is 7.94. The van der Waals surface area contributed by atoms with Gasteiger partial charge in [-0.15, -0.1) is 22.7 Å². The molecule has 0 saturated carbocycles. The molecule has 1 aliphatic rings. The van der Waals surface area contributed by atoms with Crippen molar-refractivity contribution in [2.75, 3.05) is 0 Å². The van der Waals surface area contributed by atoms with E-state index in [4.69, 9.17) is 5.26 Å². The summed E-state index contributed by atoms with van der Waals surface area (Å²) in [6, 6.07) is 9.71. The van der Waals surface area contributed by atoms with Crippen LogP contribution in [-0.4, -0.2) is 0 Å². The van der Waals surface area contributed by atoms with Gasteiger partial charge in [0.05, 0.1) is 12.0 Å². The Bertz CT molecular complexity index is 1400. The molecule has 0 N–H and O–H groups in total. The standard InChI is InChI=1S/C22H6F4N4S2/c23-17-13(8-30)18(24)20(26)16(19(17)25)12(7-29)15-11-2-4-31-21(11)14(9(5-27)6-28)10-1-3-32-22(10)15/h1-4,12,15H. The lowest BCUT2D eigenvalue weighted by atomic mass is 9.74. The molecule has 0 amide bonds. The van der Waals surface area contributed by atoms with Crippen LogP contribution in [-0.2, 0) is 0 Å². The number of benzene rings is 1. The van der Waals surface area contributed by atoms with Gasteiger partial charge in [0, 0.05) is 26.8 Å². The van der Waals surface area contributed by atoms with Gasteiger partial charge in [0.25, 0.3) is 0 Å². The van der Waals surface area contributed by atoms with Crippen molar-refractivity contribution in [3.05, 3.63) is 83.7 Å². The van der Waals surface area contributed by atoms with Crippen LogP contribution in [0.15, 0.2) is 28.5 Å². The highest BCUT2D eigenvalue weighted by Gasteiger charge is 2.42. The number of nitriles is 4. The number of nitrogens with zero attached hydrogens (tertiary/aromatic N) is 4. The smallest absolute Gasteiger partial charge is 0.180 e. The minimum Gasteiger partial charge on any atom is -0.203 e. The van der Waals surface area contributed by atoms with E-state index in [0.717, 1.165) is 28.7 Å². The molecule has 4 nitrogen and oxygen atoms in total. The molecule has 2 unspecified atom stereocenters. The number of halogens is 4. The zero-order chi connectivity index (χ0) is 23.2. The van der Waals surface area contributed by atoms with Crippen molar-refractivity contribution in [1.82, 2.24) is 0 Å². The predicted octanol–water partition coefficient (Wildman–Crippen LogP) is 5.84. The summed E-state index contributed by atoms with van der Waals surface area (Å²) in [4.78, 5) is 0.874. The van der Waals surface area contributed by atoms with Crippen LogP contribution in [0.25, 0.3) is 5.57 Å². The topological polar surface area (TPSA) is 95.2 Å². The molecule has 1 aromatic carbocycles. The molecule has 32 heavy (non-hydrogen) atoms. The van der Waals surface area contributed by atoms with Crippen LogP contribution in [0.5, 0.6) is 0 Å². The highest BCUT2D eigenvalue weighted by atomic mass is 32.1. The minimum absolute atomic E-state index is 0.173. The maximum Gasteiger partial charge on any atom is 0.180 e. The Morgan fingerprint density at radius 3 is 2.06 bits per heavy atom. The van der Waals surface area contributed by atoms with Crippen LogP contribution in [0.1, 0.15) is 43.8 Å². The first-order valence-corrected chi connectivity index (χ1v) is 10.5. The number of fused-ring (bicyclic) bond motifs is 2. The molecule has 2 heterocycles. The predicted molar refractivity (Wildman–Crippen MR) is 107 cm³/mol. The van der Waals surface area contributed by atoms with E-state index in [1.807, 2.05) is 12.1 Å². The van der Waals surface area contributed by atoms with Crippen LogP contribution in [0.2, 0.25) is 0 Å². The van der Waals surface area contributed by atoms with E-state index in [-0.39, 0.29) is 5.57 Å². The fraction of sp³-hybridized carbons (Fsp3) is 0.0909. The fourth-order valence-electron chi connectivity index (χ4n) is 3.84. The lowest BCUT2D eigenvalue weighted by molar-refractivity contribution is 0.427. The Morgan fingerprint density at radius 2 is 1.50 bits per heavy atom. The van der Waals surface area contributed by atoms with Crippen molar-refractivity contribution >= 4 is 28.2 Å². The largest absolute Gasteiger partial charge is 0.203 e. The maximum atomic E-state index is 14.8. The van der Waals surface area contributed by atoms with Crippen LogP contribution < -0.4 is 0 Å². The van der Waals surface area contributed by atoms with Crippen molar-refractivity contribution in [3.8, 4) is 24.3 Å². The average molecular weight is 466 g/mol. The van der Waals surface area contributed by atoms with Gasteiger partial charge in [0.2, 0.25) is 0 Å². The van der Waals surface area contributed by atoms with Crippen LogP contribution in [0.4, 0.5) is 17.6 Å². The van der Waals surface area contributed by atoms with Gasteiger partial charge in [-0.25, -0.2) is 17.6 Å². The Labute approximate surface area is 186 Å². The number of thiophene rings is 2. The summed E-state index contributed by atoms with van der Waals surface area (Å²) in [5.41, 5.74) is -1.52. The molecule has 1 aliphatic carbocycles. The van der Waals surface area contributed by atoms with Gasteiger partial charge in [0.15, 0.2) is 23.3 Å². The van der Waals surface area contributed by atoms with E-state index < -0.39 is 46.2 Å². The number of allylic oxidation sites excluding steroid dienone is 1. The van der Waals surface area contributed by atoms with E-state index in [2.05, 4.69) is 0 Å². The summed E-state index contributed by atoms with van der Waals surface area (Å²) in [6.45, 7) is 0. The SMILES string of the molecule is N#CC(C#N)=C1c2ccsc2C(C(C#N)c2c(F)c(F)c(C#N)c(F)c2F)c2ccsc21. The molecule has 0 radical (unpaired) electrons. The van der Waals surface area contributed by atoms with E-state index in [0.29, 0.717) is 26.5 Å². The van der Waals surface area contributed by atoms with Gasteiger partial charge in [-0.1, -0.05) is 0 Å². The average Bonchev–Trinajstić information content (AvgIpc) is 3.46. The molecular weight excluding hydrogens is 460 g/mol. The van der Waals surface area contributed by atoms with Crippen molar-refractivity contribution in [3.63, 3.8) is 0 Å². The van der Waals surface area contributed by atoms with E-state index in [9.17, 15) is 33.3 Å². The maximum absolute atomic E-state index is 14.8. The highest BCUT2D eigenvalue weighted by molar-refractivity contribution is 7.12. The molecule has 0 aliphatic heterocycles. The third-order valence-corrected chi connectivity index (χ3v) is 7.12. The Hall–Kier alpha value is -3.96. The second-order valence-corrected chi connectivity index (χ2v) is 8.48. The van der Waals surface area contributed by atoms with E-state index >= 15 is 0 Å². The van der Waals surface area contributed by atoms with Gasteiger partial charge >= 0.3 is 0 Å². The molecular formula is C22H6F4N4S2. The second-order valence-electron chi connectivity index (χ2n) is 6.62. The summed E-state index contributed by atoms with van der Waals surface area (Å²) in [5, 5.41) is 40.8. The van der Waals surface area contributed by atoms with Gasteiger partial charge in [-0.2, -0.15) is 21.0 Å². The lowest BCUT2D eigenvalue weighted by Crippen LogP contribution is -2.20. The Kier molecular flexibility index (Phi) is 5.28. The summed E-state index contributed by atoms with van der Waals surface area (Å²) >= 11 is 2.29. The molecule has 0 fully saturated rings. The molecule has 2 atom stereocenters. The van der Waals surface area contributed by atoms with Gasteiger partial charge in [-0.3, -0.25) is 0 Å². The Balaban J connectivity index is 2.04. The third-order valence-electron chi connectivity index (χ3n) is 5.17. The van der Waals surface area contributed by atoms with E-state index in [1.54, 1.807) is 29.0 Å². The molecule has 4 rings (SSSR count). The quantitative estimate of drug-likeness (QED) is 0.269. The zero-order valence-electron chi connectivity index (χ0n) is 15.6. The molecule has 0 saturated heterocycles. The van der Waals surface area contributed by atoms with Crippen molar-refractivity contribution in [2.45, 2.75) is 11.8 Å². The Morgan fingerprint density at radius 1 is 0.875 bits per heavy atom. The number of hydrogen-bond donors (Lipinski definition) is 0. The number of hydrogen-bond acceptors (Lipinski definition) is 6. The van der Waals surface area contributed by atoms with Crippen LogP contribution in [0, 0.1) is 68.6 Å². The molecule has 154 valence electrons. The summed E-state index contributed by atoms with van der Waals surface area (Å²) in [7, 11) is 0. The van der Waals surface area contributed by atoms with Crippen LogP contribution in [0.3, 0.4) is 0 Å². The summed E-state index contributed by atoms with van der Waals surface area (Å²) < 4.78 is 58.3. The lowest BCUT2D eigenvalue weighted by Gasteiger charge is -2.29. The van der Waals surface area contributed by atoms with Crippen molar-refractivity contribution < 1.29 is 17.6 Å². The first-order chi connectivity index (χ1) is 15.4. The first kappa shape index (κ1) is 21.3. The van der Waals surface area contributed by atoms with Gasteiger partial charge in [-0.05, 0) is 34.0 Å². The minimum atomic E-state index is -1.87. The zero-order valence-corrected chi connectivity index (χ0v) is 17.2. The summed E-state index contributed by atoms with van der Waals surface area (Å²) in [5.74, 6) is -10.1. The molecule has 0 bridgehead atoms. The normalized spacial score (nSPS) is 14.9. The molecule has 2 aromatic heterocycles. The monoisotopic (exact) mass is 466 g/mol. The van der Waals surface area contributed by atoms with Crippen LogP contribution >= 0.6 is 22.7 Å². The molecule has 10 heteroatoms. The fourth-order valence-corrected chi connectivity index (χ4v) is 5.91. The number of rotatable bonds is 2. The van der Waals surface area contributed by atoms with E-state index in [1.165, 1.54) is 0 Å². The summed E-state index contributed by atoms with van der Waals surface area (Å²) in [6.07, 6.45) is 0. The van der Waals surface area contributed by atoms with Gasteiger partial charge < -0.3 is 0 Å². The molecule has 0 spiro atoms. The van der Waals surface area contributed by atoms with Crippen molar-refractivity contribution in [2.24, 2.45) is 0 Å². The highest BCUT2D eigenvalue weighted by Crippen LogP contribution is 2.53. The van der Waals surface area contributed by atoms with Gasteiger partial charge in [0.1, 0.15) is 29.3 Å². The molecule has 3 aromatic rings. The van der Waals surface area contributed by atoms with Crippen molar-refractivity contribution in [1.29, 1.82) is 21.0 Å².